The highest BCUT2D eigenvalue weighted by Crippen LogP contribution is 2.42. The number of nitrogens with zero attached hydrogens (tertiary/aromatic N) is 2. The van der Waals surface area contributed by atoms with Crippen LogP contribution in [0.5, 0.6) is 0 Å². The molecule has 1 aromatic heterocycles. The highest BCUT2D eigenvalue weighted by atomic mass is 32.2. The van der Waals surface area contributed by atoms with Crippen LogP contribution in [-0.2, 0) is 19.6 Å². The fraction of sp³-hybridized carbons (Fsp3) is 0.455. The van der Waals surface area contributed by atoms with E-state index in [-0.39, 0.29) is 15.2 Å². The van der Waals surface area contributed by atoms with Crippen LogP contribution in [-0.4, -0.2) is 61.8 Å². The van der Waals surface area contributed by atoms with E-state index in [0.29, 0.717) is 45.4 Å². The van der Waals surface area contributed by atoms with Gasteiger partial charge in [0.2, 0.25) is 5.91 Å². The number of hydrogen-bond donors (Lipinski definition) is 1. The number of benzene rings is 1. The maximum atomic E-state index is 13.3. The summed E-state index contributed by atoms with van der Waals surface area (Å²) in [7, 11) is -3.55. The SMILES string of the molecule is O=C([C@@H](NC(=O)C(F)(F)F)c1ccccc1)N1CCC2(CCN(S(=O)(=O)c3cccs3)CC2)C1. The summed E-state index contributed by atoms with van der Waals surface area (Å²) in [6.45, 7) is 1.27. The number of carbonyl (C=O) groups is 2. The van der Waals surface area contributed by atoms with E-state index in [0.717, 1.165) is 11.3 Å². The van der Waals surface area contributed by atoms with Crippen LogP contribution in [0.1, 0.15) is 30.9 Å². The van der Waals surface area contributed by atoms with Crippen molar-refractivity contribution in [2.75, 3.05) is 26.2 Å². The van der Waals surface area contributed by atoms with Crippen molar-refractivity contribution >= 4 is 33.2 Å². The third kappa shape index (κ3) is 4.98. The minimum atomic E-state index is -5.11. The summed E-state index contributed by atoms with van der Waals surface area (Å²) in [5.41, 5.74) is -0.0326. The average Bonchev–Trinajstić information content (AvgIpc) is 3.49. The van der Waals surface area contributed by atoms with Gasteiger partial charge in [-0.1, -0.05) is 36.4 Å². The molecule has 7 nitrogen and oxygen atoms in total. The van der Waals surface area contributed by atoms with E-state index in [1.807, 2.05) is 5.32 Å². The first-order valence-corrected chi connectivity index (χ1v) is 13.1. The van der Waals surface area contributed by atoms with E-state index >= 15 is 0 Å². The molecule has 3 heterocycles. The molecule has 0 unspecified atom stereocenters. The number of likely N-dealkylation sites (tertiary alicyclic amines) is 1. The molecule has 2 aliphatic rings. The quantitative estimate of drug-likeness (QED) is 0.663. The van der Waals surface area contributed by atoms with Crippen LogP contribution in [0.4, 0.5) is 13.2 Å². The number of carbonyl (C=O) groups excluding carboxylic acids is 2. The summed E-state index contributed by atoms with van der Waals surface area (Å²) in [4.78, 5) is 26.4. The van der Waals surface area contributed by atoms with Crippen LogP contribution < -0.4 is 5.32 Å². The van der Waals surface area contributed by atoms with E-state index < -0.39 is 34.1 Å². The Labute approximate surface area is 199 Å². The minimum Gasteiger partial charge on any atom is -0.340 e. The lowest BCUT2D eigenvalue weighted by molar-refractivity contribution is -0.175. The second-order valence-electron chi connectivity index (χ2n) is 8.66. The van der Waals surface area contributed by atoms with E-state index in [2.05, 4.69) is 0 Å². The molecule has 2 aliphatic heterocycles. The van der Waals surface area contributed by atoms with Crippen molar-refractivity contribution in [1.29, 1.82) is 0 Å². The van der Waals surface area contributed by atoms with E-state index in [1.54, 1.807) is 35.7 Å². The van der Waals surface area contributed by atoms with Gasteiger partial charge in [-0.25, -0.2) is 8.42 Å². The Morgan fingerprint density at radius 3 is 2.24 bits per heavy atom. The van der Waals surface area contributed by atoms with E-state index in [9.17, 15) is 31.2 Å². The molecule has 1 atom stereocenters. The third-order valence-electron chi connectivity index (χ3n) is 6.54. The molecule has 12 heteroatoms. The normalized spacial score (nSPS) is 19.8. The monoisotopic (exact) mass is 515 g/mol. The van der Waals surface area contributed by atoms with Crippen LogP contribution in [0.15, 0.2) is 52.1 Å². The van der Waals surface area contributed by atoms with Gasteiger partial charge in [-0.05, 0) is 41.7 Å². The molecule has 2 aromatic rings. The van der Waals surface area contributed by atoms with Gasteiger partial charge >= 0.3 is 12.1 Å². The smallest absolute Gasteiger partial charge is 0.340 e. The fourth-order valence-electron chi connectivity index (χ4n) is 4.60. The zero-order valence-electron chi connectivity index (χ0n) is 18.1. The van der Waals surface area contributed by atoms with Crippen LogP contribution >= 0.6 is 11.3 Å². The number of sulfonamides is 1. The molecule has 34 heavy (non-hydrogen) atoms. The van der Waals surface area contributed by atoms with Crippen LogP contribution in [0.3, 0.4) is 0 Å². The molecule has 2 saturated heterocycles. The highest BCUT2D eigenvalue weighted by molar-refractivity contribution is 7.91. The summed E-state index contributed by atoms with van der Waals surface area (Å²) in [5, 5.41) is 3.55. The number of amides is 2. The zero-order valence-corrected chi connectivity index (χ0v) is 19.8. The van der Waals surface area contributed by atoms with Crippen LogP contribution in [0.25, 0.3) is 0 Å². The predicted octanol–water partition coefficient (Wildman–Crippen LogP) is 3.17. The van der Waals surface area contributed by atoms with Gasteiger partial charge in [0.1, 0.15) is 10.3 Å². The summed E-state index contributed by atoms with van der Waals surface area (Å²) in [6.07, 6.45) is -3.39. The molecule has 2 amide bonds. The molecule has 0 aliphatic carbocycles. The van der Waals surface area contributed by atoms with Crippen LogP contribution in [0, 0.1) is 5.41 Å². The largest absolute Gasteiger partial charge is 0.471 e. The molecule has 184 valence electrons. The van der Waals surface area contributed by atoms with Gasteiger partial charge < -0.3 is 10.2 Å². The number of alkyl halides is 3. The fourth-order valence-corrected chi connectivity index (χ4v) is 7.18. The Morgan fingerprint density at radius 2 is 1.65 bits per heavy atom. The number of thiophene rings is 1. The zero-order chi connectivity index (χ0) is 24.6. The molecule has 4 rings (SSSR count). The molecule has 0 radical (unpaired) electrons. The van der Waals surface area contributed by atoms with Crippen molar-refractivity contribution in [1.82, 2.24) is 14.5 Å². The lowest BCUT2D eigenvalue weighted by Crippen LogP contribution is -2.48. The number of nitrogens with one attached hydrogen (secondary N) is 1. The maximum Gasteiger partial charge on any atom is 0.471 e. The second kappa shape index (κ2) is 9.31. The summed E-state index contributed by atoms with van der Waals surface area (Å²) in [5.74, 6) is -2.77. The molecule has 2 fully saturated rings. The maximum absolute atomic E-state index is 13.3. The first-order valence-electron chi connectivity index (χ1n) is 10.8. The lowest BCUT2D eigenvalue weighted by atomic mass is 9.78. The minimum absolute atomic E-state index is 0.267. The molecule has 0 saturated carbocycles. The van der Waals surface area contributed by atoms with Gasteiger partial charge in [-0.3, -0.25) is 9.59 Å². The molecule has 0 bridgehead atoms. The number of halogens is 3. The molecule has 1 aromatic carbocycles. The lowest BCUT2D eigenvalue weighted by Gasteiger charge is -2.38. The van der Waals surface area contributed by atoms with Gasteiger partial charge in [-0.2, -0.15) is 17.5 Å². The molecular weight excluding hydrogens is 491 g/mol. The predicted molar refractivity (Wildman–Crippen MR) is 119 cm³/mol. The molecular formula is C22H24F3N3O4S2. The topological polar surface area (TPSA) is 86.8 Å². The number of piperidine rings is 1. The summed E-state index contributed by atoms with van der Waals surface area (Å²) >= 11 is 1.16. The summed E-state index contributed by atoms with van der Waals surface area (Å²) < 4.78 is 66.0. The van der Waals surface area contributed by atoms with Crippen molar-refractivity contribution in [3.63, 3.8) is 0 Å². The second-order valence-corrected chi connectivity index (χ2v) is 11.8. The van der Waals surface area contributed by atoms with Gasteiger partial charge in [-0.15, -0.1) is 11.3 Å². The van der Waals surface area contributed by atoms with Crippen molar-refractivity contribution in [2.24, 2.45) is 5.41 Å². The Hall–Kier alpha value is -2.44. The van der Waals surface area contributed by atoms with E-state index in [1.165, 1.54) is 21.3 Å². The Bertz CT molecular complexity index is 1130. The Morgan fingerprint density at radius 1 is 1.00 bits per heavy atom. The average molecular weight is 516 g/mol. The number of rotatable bonds is 5. The van der Waals surface area contributed by atoms with Gasteiger partial charge in [0.05, 0.1) is 0 Å². The van der Waals surface area contributed by atoms with Crippen molar-refractivity contribution in [3.8, 4) is 0 Å². The first kappa shape index (κ1) is 24.7. The molecule has 1 spiro atoms. The van der Waals surface area contributed by atoms with Gasteiger partial charge in [0.25, 0.3) is 10.0 Å². The van der Waals surface area contributed by atoms with Crippen molar-refractivity contribution in [2.45, 2.75) is 35.7 Å². The van der Waals surface area contributed by atoms with Crippen LogP contribution in [0.2, 0.25) is 0 Å². The van der Waals surface area contributed by atoms with Gasteiger partial charge in [0.15, 0.2) is 0 Å². The van der Waals surface area contributed by atoms with Crippen molar-refractivity contribution < 1.29 is 31.2 Å². The highest BCUT2D eigenvalue weighted by Gasteiger charge is 2.47. The Kier molecular flexibility index (Phi) is 6.76. The summed E-state index contributed by atoms with van der Waals surface area (Å²) in [6, 6.07) is 9.64. The van der Waals surface area contributed by atoms with Gasteiger partial charge in [0, 0.05) is 26.2 Å². The third-order valence-corrected chi connectivity index (χ3v) is 9.81. The Balaban J connectivity index is 1.45. The standard InChI is InChI=1S/C22H24F3N3O4S2/c23-22(24,25)20(30)26-18(16-5-2-1-3-6-16)19(29)27-11-8-21(15-27)9-12-28(13-10-21)34(31,32)17-7-4-14-33-17/h1-7,14,18H,8-13,15H2,(H,26,30)/t18-/m0/s1. The van der Waals surface area contributed by atoms with E-state index in [4.69, 9.17) is 0 Å². The number of hydrogen-bond acceptors (Lipinski definition) is 5. The first-order chi connectivity index (χ1) is 16.0. The van der Waals surface area contributed by atoms with Crippen molar-refractivity contribution in [3.05, 3.63) is 53.4 Å². The molecule has 1 N–H and O–H groups in total.